The zero-order valence-corrected chi connectivity index (χ0v) is 13.1. The van der Waals surface area contributed by atoms with E-state index in [0.29, 0.717) is 0 Å². The summed E-state index contributed by atoms with van der Waals surface area (Å²) >= 11 is 0. The molecule has 0 unspecified atom stereocenters. The summed E-state index contributed by atoms with van der Waals surface area (Å²) < 4.78 is 5.00. The zero-order valence-electron chi connectivity index (χ0n) is 13.1. The van der Waals surface area contributed by atoms with Crippen molar-refractivity contribution in [3.63, 3.8) is 0 Å². The molecule has 116 valence electrons. The first-order valence-electron chi connectivity index (χ1n) is 7.34. The minimum atomic E-state index is -0.970. The van der Waals surface area contributed by atoms with E-state index in [-0.39, 0.29) is 30.9 Å². The molecule has 1 heterocycles. The quantitative estimate of drug-likeness (QED) is 0.857. The Bertz CT molecular complexity index is 606. The van der Waals surface area contributed by atoms with Gasteiger partial charge in [-0.15, -0.1) is 0 Å². The molecule has 1 saturated heterocycles. The number of amides is 2. The Morgan fingerprint density at radius 1 is 1.45 bits per heavy atom. The average molecular weight is 300 g/mol. The minimum absolute atomic E-state index is 0.0498. The van der Waals surface area contributed by atoms with Gasteiger partial charge >= 0.3 is 6.09 Å². The molecular weight excluding hydrogens is 280 g/mol. The molecule has 0 saturated carbocycles. The van der Waals surface area contributed by atoms with Crippen LogP contribution in [0.5, 0.6) is 0 Å². The maximum absolute atomic E-state index is 12.6. The number of carbonyl (C=O) groups is 2. The number of hydrogen-bond acceptors (Lipinski definition) is 4. The highest BCUT2D eigenvalue weighted by molar-refractivity contribution is 5.94. The van der Waals surface area contributed by atoms with E-state index in [4.69, 9.17) is 4.74 Å². The van der Waals surface area contributed by atoms with Gasteiger partial charge in [-0.05, 0) is 18.4 Å². The molecule has 22 heavy (non-hydrogen) atoms. The lowest BCUT2D eigenvalue weighted by Gasteiger charge is -2.27. The molecule has 0 aromatic heterocycles. The number of rotatable bonds is 4. The predicted octanol–water partition coefficient (Wildman–Crippen LogP) is 2.86. The molecule has 1 fully saturated rings. The van der Waals surface area contributed by atoms with Crippen LogP contribution in [0.25, 0.3) is 0 Å². The summed E-state index contributed by atoms with van der Waals surface area (Å²) in [5.41, 5.74) is -0.206. The molecule has 0 N–H and O–H groups in total. The second kappa shape index (κ2) is 6.18. The van der Waals surface area contributed by atoms with E-state index in [1.54, 1.807) is 6.92 Å². The fourth-order valence-electron chi connectivity index (χ4n) is 2.61. The van der Waals surface area contributed by atoms with Crippen LogP contribution in [0.1, 0.15) is 32.8 Å². The van der Waals surface area contributed by atoms with Gasteiger partial charge in [-0.1, -0.05) is 44.2 Å². The average Bonchev–Trinajstić information content (AvgIpc) is 2.90. The van der Waals surface area contributed by atoms with Crippen LogP contribution in [-0.2, 0) is 14.9 Å². The Morgan fingerprint density at radius 2 is 2.09 bits per heavy atom. The fraction of sp³-hybridized carbons (Fsp3) is 0.471. The van der Waals surface area contributed by atoms with Crippen molar-refractivity contribution in [2.45, 2.75) is 38.6 Å². The highest BCUT2D eigenvalue weighted by atomic mass is 16.6. The molecule has 2 amide bonds. The van der Waals surface area contributed by atoms with E-state index < -0.39 is 11.5 Å². The summed E-state index contributed by atoms with van der Waals surface area (Å²) in [5, 5.41) is 9.53. The number of benzene rings is 1. The first kappa shape index (κ1) is 16.0. The van der Waals surface area contributed by atoms with Crippen molar-refractivity contribution < 1.29 is 14.3 Å². The molecule has 0 spiro atoms. The third kappa shape index (κ3) is 2.96. The highest BCUT2D eigenvalue weighted by Gasteiger charge is 2.42. The molecule has 0 bridgehead atoms. The molecule has 0 radical (unpaired) electrons. The Hall–Kier alpha value is -2.35. The Morgan fingerprint density at radius 3 is 2.64 bits per heavy atom. The van der Waals surface area contributed by atoms with Crippen molar-refractivity contribution in [2.24, 2.45) is 5.92 Å². The van der Waals surface area contributed by atoms with Gasteiger partial charge in [-0.25, -0.2) is 9.69 Å². The normalized spacial score (nSPS) is 20.4. The summed E-state index contributed by atoms with van der Waals surface area (Å²) in [6.07, 6.45) is -0.664. The van der Waals surface area contributed by atoms with E-state index in [1.165, 1.54) is 4.90 Å². The number of nitrogens with zero attached hydrogens (tertiary/aromatic N) is 2. The summed E-state index contributed by atoms with van der Waals surface area (Å²) in [5.74, 6) is -0.255. The molecule has 5 nitrogen and oxygen atoms in total. The van der Waals surface area contributed by atoms with Gasteiger partial charge in [0.05, 0.1) is 17.5 Å². The SMILES string of the molecule is CC(C)[C@H]1COC(=O)N1C(=O)C[C@](C)(C#N)c1ccccc1. The fourth-order valence-corrected chi connectivity index (χ4v) is 2.61. The van der Waals surface area contributed by atoms with Crippen LogP contribution in [0.3, 0.4) is 0 Å². The monoisotopic (exact) mass is 300 g/mol. The van der Waals surface area contributed by atoms with Gasteiger partial charge in [-0.2, -0.15) is 5.26 Å². The van der Waals surface area contributed by atoms with Crippen molar-refractivity contribution in [1.82, 2.24) is 4.90 Å². The molecule has 2 rings (SSSR count). The van der Waals surface area contributed by atoms with Gasteiger partial charge in [0.1, 0.15) is 6.61 Å². The Kier molecular flexibility index (Phi) is 4.51. The van der Waals surface area contributed by atoms with E-state index in [0.717, 1.165) is 5.56 Å². The van der Waals surface area contributed by atoms with E-state index in [2.05, 4.69) is 6.07 Å². The number of hydrogen-bond donors (Lipinski definition) is 0. The summed E-state index contributed by atoms with van der Waals surface area (Å²) in [4.78, 5) is 25.6. The van der Waals surface area contributed by atoms with Crippen LogP contribution < -0.4 is 0 Å². The minimum Gasteiger partial charge on any atom is -0.447 e. The maximum atomic E-state index is 12.6. The van der Waals surface area contributed by atoms with Crippen LogP contribution in [0.15, 0.2) is 30.3 Å². The smallest absolute Gasteiger partial charge is 0.416 e. The number of carbonyl (C=O) groups excluding carboxylic acids is 2. The Labute approximate surface area is 130 Å². The van der Waals surface area contributed by atoms with Crippen LogP contribution >= 0.6 is 0 Å². The second-order valence-electron chi connectivity index (χ2n) is 6.14. The van der Waals surface area contributed by atoms with E-state index >= 15 is 0 Å². The van der Waals surface area contributed by atoms with Crippen molar-refractivity contribution in [1.29, 1.82) is 5.26 Å². The Balaban J connectivity index is 2.23. The van der Waals surface area contributed by atoms with Crippen LogP contribution in [0.2, 0.25) is 0 Å². The number of cyclic esters (lactones) is 1. The van der Waals surface area contributed by atoms with Crippen molar-refractivity contribution in [2.75, 3.05) is 6.61 Å². The van der Waals surface area contributed by atoms with E-state index in [1.807, 2.05) is 44.2 Å². The molecule has 5 heteroatoms. The van der Waals surface area contributed by atoms with Gasteiger partial charge < -0.3 is 4.74 Å². The highest BCUT2D eigenvalue weighted by Crippen LogP contribution is 2.30. The molecular formula is C17H20N2O3. The predicted molar refractivity (Wildman–Crippen MR) is 80.8 cm³/mol. The van der Waals surface area contributed by atoms with Crippen molar-refractivity contribution >= 4 is 12.0 Å². The van der Waals surface area contributed by atoms with Crippen LogP contribution in [-0.4, -0.2) is 29.5 Å². The van der Waals surface area contributed by atoms with Crippen molar-refractivity contribution in [3.05, 3.63) is 35.9 Å². The maximum Gasteiger partial charge on any atom is 0.416 e. The standard InChI is InChI=1S/C17H20N2O3/c1-12(2)14-10-22-16(21)19(14)15(20)9-17(3,11-18)13-7-5-4-6-8-13/h4-8,12,14H,9-10H2,1-3H3/t14-,17-/m1/s1. The first-order chi connectivity index (χ1) is 10.4. The molecule has 1 aromatic carbocycles. The van der Waals surface area contributed by atoms with Gasteiger partial charge in [0, 0.05) is 6.42 Å². The number of imide groups is 1. The lowest BCUT2D eigenvalue weighted by atomic mass is 9.80. The first-order valence-corrected chi connectivity index (χ1v) is 7.34. The number of nitriles is 1. The largest absolute Gasteiger partial charge is 0.447 e. The van der Waals surface area contributed by atoms with Gasteiger partial charge in [-0.3, -0.25) is 4.79 Å². The third-order valence-electron chi connectivity index (χ3n) is 4.11. The lowest BCUT2D eigenvalue weighted by molar-refractivity contribution is -0.130. The van der Waals surface area contributed by atoms with Gasteiger partial charge in [0.15, 0.2) is 0 Å². The molecule has 0 aliphatic carbocycles. The van der Waals surface area contributed by atoms with Gasteiger partial charge in [0.25, 0.3) is 0 Å². The topological polar surface area (TPSA) is 70.4 Å². The zero-order chi connectivity index (χ0) is 16.3. The second-order valence-corrected chi connectivity index (χ2v) is 6.14. The van der Waals surface area contributed by atoms with Crippen LogP contribution in [0.4, 0.5) is 4.79 Å². The summed E-state index contributed by atoms with van der Waals surface area (Å²) in [7, 11) is 0. The summed E-state index contributed by atoms with van der Waals surface area (Å²) in [6.45, 7) is 5.81. The molecule has 2 atom stereocenters. The van der Waals surface area contributed by atoms with Gasteiger partial charge in [0.2, 0.25) is 5.91 Å². The van der Waals surface area contributed by atoms with Crippen LogP contribution in [0, 0.1) is 17.2 Å². The lowest BCUT2D eigenvalue weighted by Crippen LogP contribution is -2.44. The van der Waals surface area contributed by atoms with Crippen molar-refractivity contribution in [3.8, 4) is 6.07 Å². The third-order valence-corrected chi connectivity index (χ3v) is 4.11. The van der Waals surface area contributed by atoms with E-state index in [9.17, 15) is 14.9 Å². The molecule has 1 aromatic rings. The molecule has 1 aliphatic rings. The summed E-state index contributed by atoms with van der Waals surface area (Å²) in [6, 6.07) is 11.1. The number of ether oxygens (including phenoxy) is 1. The molecule has 1 aliphatic heterocycles.